The number of para-hydroxylation sites is 1. The molecule has 0 aromatic heterocycles. The van der Waals surface area contributed by atoms with E-state index in [4.69, 9.17) is 4.74 Å². The first-order chi connectivity index (χ1) is 12.2. The predicted molar refractivity (Wildman–Crippen MR) is 105 cm³/mol. The molecule has 3 aromatic carbocycles. The Hall–Kier alpha value is -2.65. The minimum absolute atomic E-state index is 0.0424. The average Bonchev–Trinajstić information content (AvgIpc) is 2.66. The lowest BCUT2D eigenvalue weighted by Crippen LogP contribution is -1.97. The molecule has 0 unspecified atom stereocenters. The van der Waals surface area contributed by atoms with Gasteiger partial charge in [0.05, 0.1) is 0 Å². The quantitative estimate of drug-likeness (QED) is 0.384. The van der Waals surface area contributed by atoms with Crippen LogP contribution in [-0.4, -0.2) is 5.78 Å². The molecule has 0 amide bonds. The number of rotatable bonds is 6. The highest BCUT2D eigenvalue weighted by molar-refractivity contribution is 9.10. The highest BCUT2D eigenvalue weighted by Gasteiger charge is 2.04. The van der Waals surface area contributed by atoms with Crippen LogP contribution in [0.25, 0.3) is 6.08 Å². The van der Waals surface area contributed by atoms with Crippen molar-refractivity contribution in [1.82, 2.24) is 0 Å². The van der Waals surface area contributed by atoms with Gasteiger partial charge in [0.25, 0.3) is 0 Å². The number of carbonyl (C=O) groups excluding carboxylic acids is 1. The second-order valence-corrected chi connectivity index (χ2v) is 6.44. The summed E-state index contributed by atoms with van der Waals surface area (Å²) in [6.07, 6.45) is 3.37. The minimum Gasteiger partial charge on any atom is -0.488 e. The molecule has 0 aliphatic rings. The summed E-state index contributed by atoms with van der Waals surface area (Å²) < 4.78 is 6.80. The smallest absolute Gasteiger partial charge is 0.185 e. The van der Waals surface area contributed by atoms with Gasteiger partial charge in [-0.15, -0.1) is 0 Å². The van der Waals surface area contributed by atoms with Gasteiger partial charge in [0.15, 0.2) is 5.78 Å². The van der Waals surface area contributed by atoms with Crippen LogP contribution >= 0.6 is 15.9 Å². The number of halogens is 1. The highest BCUT2D eigenvalue weighted by atomic mass is 79.9. The van der Waals surface area contributed by atoms with Crippen LogP contribution in [0.5, 0.6) is 5.75 Å². The van der Waals surface area contributed by atoms with Gasteiger partial charge in [-0.1, -0.05) is 76.6 Å². The van der Waals surface area contributed by atoms with E-state index in [9.17, 15) is 4.79 Å². The first-order valence-electron chi connectivity index (χ1n) is 7.96. The van der Waals surface area contributed by atoms with Crippen molar-refractivity contribution in [3.05, 3.63) is 106 Å². The third kappa shape index (κ3) is 4.91. The van der Waals surface area contributed by atoms with E-state index in [2.05, 4.69) is 15.9 Å². The molecule has 0 aliphatic heterocycles. The number of carbonyl (C=O) groups is 1. The fraction of sp³-hybridized carbons (Fsp3) is 0.0455. The summed E-state index contributed by atoms with van der Waals surface area (Å²) in [5.74, 6) is 0.712. The Bertz CT molecular complexity index is 885. The van der Waals surface area contributed by atoms with Gasteiger partial charge in [-0.3, -0.25) is 4.79 Å². The van der Waals surface area contributed by atoms with Gasteiger partial charge < -0.3 is 4.74 Å². The van der Waals surface area contributed by atoms with Gasteiger partial charge in [0.1, 0.15) is 12.4 Å². The predicted octanol–water partition coefficient (Wildman–Crippen LogP) is 5.92. The Morgan fingerprint density at radius 2 is 1.68 bits per heavy atom. The largest absolute Gasteiger partial charge is 0.488 e. The van der Waals surface area contributed by atoms with Crippen LogP contribution < -0.4 is 4.74 Å². The van der Waals surface area contributed by atoms with Gasteiger partial charge in [-0.05, 0) is 35.9 Å². The summed E-state index contributed by atoms with van der Waals surface area (Å²) in [7, 11) is 0. The van der Waals surface area contributed by atoms with Crippen LogP contribution in [0.1, 0.15) is 21.5 Å². The lowest BCUT2D eigenvalue weighted by atomic mass is 10.1. The average molecular weight is 393 g/mol. The van der Waals surface area contributed by atoms with Crippen molar-refractivity contribution in [3.63, 3.8) is 0 Å². The van der Waals surface area contributed by atoms with Crippen LogP contribution in [0.2, 0.25) is 0 Å². The zero-order valence-corrected chi connectivity index (χ0v) is 15.1. The number of benzene rings is 3. The standard InChI is InChI=1S/C22H17BrO2/c23-20-11-6-10-19(15-20)21(24)14-13-18-9-4-5-12-22(18)25-16-17-7-2-1-3-8-17/h1-15H,16H2/b14-13+. The van der Waals surface area contributed by atoms with E-state index in [1.165, 1.54) is 0 Å². The van der Waals surface area contributed by atoms with E-state index in [0.717, 1.165) is 21.3 Å². The van der Waals surface area contributed by atoms with Crippen LogP contribution in [-0.2, 0) is 6.61 Å². The third-order valence-corrected chi connectivity index (χ3v) is 4.17. The monoisotopic (exact) mass is 392 g/mol. The molecule has 0 heterocycles. The Morgan fingerprint density at radius 1 is 0.920 bits per heavy atom. The zero-order chi connectivity index (χ0) is 17.5. The van der Waals surface area contributed by atoms with Gasteiger partial charge in [-0.2, -0.15) is 0 Å². The van der Waals surface area contributed by atoms with E-state index >= 15 is 0 Å². The van der Waals surface area contributed by atoms with Crippen molar-refractivity contribution < 1.29 is 9.53 Å². The summed E-state index contributed by atoms with van der Waals surface area (Å²) in [5, 5.41) is 0. The Labute approximate surface area is 155 Å². The van der Waals surface area contributed by atoms with Crippen molar-refractivity contribution in [1.29, 1.82) is 0 Å². The van der Waals surface area contributed by atoms with Gasteiger partial charge in [0, 0.05) is 15.6 Å². The van der Waals surface area contributed by atoms with Gasteiger partial charge in [0.2, 0.25) is 0 Å². The third-order valence-electron chi connectivity index (χ3n) is 3.68. The van der Waals surface area contributed by atoms with Crippen molar-refractivity contribution in [3.8, 4) is 5.75 Å². The molecule has 25 heavy (non-hydrogen) atoms. The Kier molecular flexibility index (Phi) is 5.81. The first-order valence-corrected chi connectivity index (χ1v) is 8.75. The van der Waals surface area contributed by atoms with Crippen molar-refractivity contribution in [2.24, 2.45) is 0 Å². The fourth-order valence-electron chi connectivity index (χ4n) is 2.39. The second-order valence-electron chi connectivity index (χ2n) is 5.52. The molecule has 0 spiro atoms. The Balaban J connectivity index is 1.73. The molecule has 0 bridgehead atoms. The molecule has 3 heteroatoms. The maximum atomic E-state index is 12.3. The maximum Gasteiger partial charge on any atom is 0.185 e. The van der Waals surface area contributed by atoms with Crippen LogP contribution in [0.15, 0.2) is 89.4 Å². The Morgan fingerprint density at radius 3 is 2.48 bits per heavy atom. The summed E-state index contributed by atoms with van der Waals surface area (Å²) in [5.41, 5.74) is 2.63. The van der Waals surface area contributed by atoms with Crippen molar-refractivity contribution in [2.75, 3.05) is 0 Å². The number of hydrogen-bond donors (Lipinski definition) is 0. The highest BCUT2D eigenvalue weighted by Crippen LogP contribution is 2.21. The lowest BCUT2D eigenvalue weighted by molar-refractivity contribution is 0.104. The molecule has 0 atom stereocenters. The fourth-order valence-corrected chi connectivity index (χ4v) is 2.79. The molecule has 0 saturated carbocycles. The van der Waals surface area contributed by atoms with Gasteiger partial charge >= 0.3 is 0 Å². The van der Waals surface area contributed by atoms with E-state index < -0.39 is 0 Å². The number of allylic oxidation sites excluding steroid dienone is 1. The van der Waals surface area contributed by atoms with Crippen LogP contribution in [0.3, 0.4) is 0 Å². The molecule has 0 saturated heterocycles. The zero-order valence-electron chi connectivity index (χ0n) is 13.6. The van der Waals surface area contributed by atoms with Gasteiger partial charge in [-0.25, -0.2) is 0 Å². The summed E-state index contributed by atoms with van der Waals surface area (Å²) >= 11 is 3.38. The number of ether oxygens (including phenoxy) is 1. The SMILES string of the molecule is O=C(/C=C/c1ccccc1OCc1ccccc1)c1cccc(Br)c1. The first kappa shape index (κ1) is 17.2. The molecular formula is C22H17BrO2. The van der Waals surface area contributed by atoms with Crippen molar-refractivity contribution >= 4 is 27.8 Å². The number of hydrogen-bond acceptors (Lipinski definition) is 2. The summed E-state index contributed by atoms with van der Waals surface area (Å²) in [4.78, 5) is 12.3. The molecule has 0 radical (unpaired) electrons. The number of ketones is 1. The lowest BCUT2D eigenvalue weighted by Gasteiger charge is -2.09. The van der Waals surface area contributed by atoms with E-state index in [1.54, 1.807) is 18.2 Å². The van der Waals surface area contributed by atoms with Crippen LogP contribution in [0, 0.1) is 0 Å². The van der Waals surface area contributed by atoms with Crippen LogP contribution in [0.4, 0.5) is 0 Å². The molecule has 0 aliphatic carbocycles. The topological polar surface area (TPSA) is 26.3 Å². The van der Waals surface area contributed by atoms with E-state index in [-0.39, 0.29) is 5.78 Å². The van der Waals surface area contributed by atoms with E-state index in [0.29, 0.717) is 12.2 Å². The minimum atomic E-state index is -0.0424. The molecule has 124 valence electrons. The molecule has 2 nitrogen and oxygen atoms in total. The molecule has 0 N–H and O–H groups in total. The normalized spacial score (nSPS) is 10.8. The maximum absolute atomic E-state index is 12.3. The summed E-state index contributed by atoms with van der Waals surface area (Å²) in [6.45, 7) is 0.491. The molecule has 3 aromatic rings. The van der Waals surface area contributed by atoms with Crippen molar-refractivity contribution in [2.45, 2.75) is 6.61 Å². The van der Waals surface area contributed by atoms with E-state index in [1.807, 2.05) is 72.8 Å². The second kappa shape index (κ2) is 8.45. The molecule has 3 rings (SSSR count). The summed E-state index contributed by atoms with van der Waals surface area (Å²) in [6, 6.07) is 25.1. The molecular weight excluding hydrogens is 376 g/mol. The molecule has 0 fully saturated rings.